The van der Waals surface area contributed by atoms with Crippen LogP contribution in [0.15, 0.2) is 91.4 Å². The van der Waals surface area contributed by atoms with Crippen LogP contribution in [0.2, 0.25) is 0 Å². The zero-order chi connectivity index (χ0) is 22.3. The first-order valence-electron chi connectivity index (χ1n) is 10.3. The lowest BCUT2D eigenvalue weighted by molar-refractivity contribution is -0.125. The van der Waals surface area contributed by atoms with E-state index in [0.717, 1.165) is 33.8 Å². The van der Waals surface area contributed by atoms with Gasteiger partial charge in [-0.25, -0.2) is 4.68 Å². The van der Waals surface area contributed by atoms with Crippen LogP contribution in [-0.4, -0.2) is 39.7 Å². The molecule has 4 rings (SSSR count). The van der Waals surface area contributed by atoms with Crippen LogP contribution >= 0.6 is 0 Å². The van der Waals surface area contributed by atoms with Crippen LogP contribution < -0.4 is 4.74 Å². The Morgan fingerprint density at radius 2 is 1.84 bits per heavy atom. The average Bonchev–Trinajstić information content (AvgIpc) is 3.28. The fraction of sp³-hybridized carbons (Fsp3) is 0.115. The number of para-hydroxylation sites is 1. The summed E-state index contributed by atoms with van der Waals surface area (Å²) in [5, 5.41) is 4.75. The summed E-state index contributed by atoms with van der Waals surface area (Å²) in [5.41, 5.74) is 4.47. The van der Waals surface area contributed by atoms with Crippen molar-refractivity contribution in [2.45, 2.75) is 6.54 Å². The van der Waals surface area contributed by atoms with Crippen molar-refractivity contribution < 1.29 is 9.53 Å². The molecule has 0 aliphatic heterocycles. The molecule has 160 valence electrons. The highest BCUT2D eigenvalue weighted by molar-refractivity contribution is 5.92. The Hall–Kier alpha value is -4.19. The van der Waals surface area contributed by atoms with Crippen LogP contribution in [0.1, 0.15) is 11.1 Å². The molecule has 2 heterocycles. The monoisotopic (exact) mass is 424 g/mol. The molecule has 0 fully saturated rings. The summed E-state index contributed by atoms with van der Waals surface area (Å²) in [4.78, 5) is 18.6. The number of hydrogen-bond donors (Lipinski definition) is 0. The summed E-state index contributed by atoms with van der Waals surface area (Å²) < 4.78 is 7.00. The van der Waals surface area contributed by atoms with Crippen molar-refractivity contribution in [2.75, 3.05) is 14.2 Å². The third-order valence-electron chi connectivity index (χ3n) is 5.06. The molecular formula is C26H24N4O2. The van der Waals surface area contributed by atoms with Gasteiger partial charge in [-0.05, 0) is 48.0 Å². The lowest BCUT2D eigenvalue weighted by Gasteiger charge is -2.15. The maximum absolute atomic E-state index is 12.7. The molecule has 0 atom stereocenters. The van der Waals surface area contributed by atoms with Crippen LogP contribution in [0.25, 0.3) is 23.0 Å². The van der Waals surface area contributed by atoms with Crippen molar-refractivity contribution in [1.29, 1.82) is 0 Å². The standard InChI is InChI=1S/C26H24N4O2/c1-29(18-20-10-13-24(32-2)14-11-20)25(31)15-12-22-19-30(23-8-4-3-5-9-23)28-26(22)21-7-6-16-27-17-21/h3-17,19H,18H2,1-2H3/b15-12+. The zero-order valence-electron chi connectivity index (χ0n) is 18.1. The van der Waals surface area contributed by atoms with Crippen molar-refractivity contribution in [3.05, 3.63) is 103 Å². The molecule has 0 N–H and O–H groups in total. The van der Waals surface area contributed by atoms with E-state index in [1.165, 1.54) is 0 Å². The van der Waals surface area contributed by atoms with Gasteiger partial charge >= 0.3 is 0 Å². The maximum Gasteiger partial charge on any atom is 0.246 e. The highest BCUT2D eigenvalue weighted by Crippen LogP contribution is 2.24. The molecule has 0 bridgehead atoms. The summed E-state index contributed by atoms with van der Waals surface area (Å²) in [7, 11) is 3.42. The third-order valence-corrected chi connectivity index (χ3v) is 5.06. The second kappa shape index (κ2) is 9.75. The highest BCUT2D eigenvalue weighted by Gasteiger charge is 2.12. The first-order chi connectivity index (χ1) is 15.6. The van der Waals surface area contributed by atoms with Gasteiger partial charge in [-0.1, -0.05) is 30.3 Å². The number of pyridine rings is 1. The van der Waals surface area contributed by atoms with E-state index in [9.17, 15) is 4.79 Å². The molecule has 2 aromatic heterocycles. The lowest BCUT2D eigenvalue weighted by atomic mass is 10.1. The Morgan fingerprint density at radius 3 is 2.53 bits per heavy atom. The molecule has 0 aliphatic carbocycles. The van der Waals surface area contributed by atoms with E-state index >= 15 is 0 Å². The van der Waals surface area contributed by atoms with E-state index in [1.54, 1.807) is 37.5 Å². The number of nitrogens with zero attached hydrogens (tertiary/aromatic N) is 4. The molecule has 2 aromatic carbocycles. The number of carbonyl (C=O) groups excluding carboxylic acids is 1. The average molecular weight is 425 g/mol. The second-order valence-corrected chi connectivity index (χ2v) is 7.33. The molecule has 4 aromatic rings. The minimum atomic E-state index is -0.0922. The van der Waals surface area contributed by atoms with Gasteiger partial charge in [-0.3, -0.25) is 9.78 Å². The number of amides is 1. The SMILES string of the molecule is COc1ccc(CN(C)C(=O)/C=C/c2cn(-c3ccccc3)nc2-c2cccnc2)cc1. The van der Waals surface area contributed by atoms with Crippen molar-refractivity contribution >= 4 is 12.0 Å². The Kier molecular flexibility index (Phi) is 6.41. The van der Waals surface area contributed by atoms with E-state index in [1.807, 2.05) is 83.7 Å². The molecule has 0 saturated carbocycles. The summed E-state index contributed by atoms with van der Waals surface area (Å²) in [5.74, 6) is 0.700. The van der Waals surface area contributed by atoms with Gasteiger partial charge in [0, 0.05) is 49.4 Å². The smallest absolute Gasteiger partial charge is 0.246 e. The zero-order valence-corrected chi connectivity index (χ0v) is 18.1. The maximum atomic E-state index is 12.7. The van der Waals surface area contributed by atoms with Gasteiger partial charge in [0.1, 0.15) is 11.4 Å². The van der Waals surface area contributed by atoms with Crippen LogP contribution in [0.3, 0.4) is 0 Å². The molecular weight excluding hydrogens is 400 g/mol. The van der Waals surface area contributed by atoms with Crippen molar-refractivity contribution in [1.82, 2.24) is 19.7 Å². The Morgan fingerprint density at radius 1 is 1.06 bits per heavy atom. The van der Waals surface area contributed by atoms with Crippen LogP contribution in [0.5, 0.6) is 5.75 Å². The number of aromatic nitrogens is 3. The highest BCUT2D eigenvalue weighted by atomic mass is 16.5. The van der Waals surface area contributed by atoms with Crippen molar-refractivity contribution in [3.8, 4) is 22.7 Å². The quantitative estimate of drug-likeness (QED) is 0.406. The fourth-order valence-electron chi connectivity index (χ4n) is 3.32. The van der Waals surface area contributed by atoms with Crippen molar-refractivity contribution in [3.63, 3.8) is 0 Å². The number of ether oxygens (including phenoxy) is 1. The molecule has 6 nitrogen and oxygen atoms in total. The van der Waals surface area contributed by atoms with Gasteiger partial charge in [0.15, 0.2) is 0 Å². The lowest BCUT2D eigenvalue weighted by Crippen LogP contribution is -2.24. The van der Waals surface area contributed by atoms with Gasteiger partial charge in [0.25, 0.3) is 0 Å². The summed E-state index contributed by atoms with van der Waals surface area (Å²) in [6.07, 6.45) is 8.81. The first-order valence-corrected chi connectivity index (χ1v) is 10.3. The molecule has 0 unspecified atom stereocenters. The van der Waals surface area contributed by atoms with Crippen LogP contribution in [0, 0.1) is 0 Å². The van der Waals surface area contributed by atoms with E-state index in [2.05, 4.69) is 4.98 Å². The van der Waals surface area contributed by atoms with Crippen molar-refractivity contribution in [2.24, 2.45) is 0 Å². The Balaban J connectivity index is 1.56. The number of methoxy groups -OCH3 is 1. The summed E-state index contributed by atoms with van der Waals surface area (Å²) in [6, 6.07) is 21.4. The summed E-state index contributed by atoms with van der Waals surface area (Å²) in [6.45, 7) is 0.506. The molecule has 0 saturated heterocycles. The van der Waals surface area contributed by atoms with Crippen LogP contribution in [0.4, 0.5) is 0 Å². The fourth-order valence-corrected chi connectivity index (χ4v) is 3.32. The van der Waals surface area contributed by atoms with Gasteiger partial charge in [-0.15, -0.1) is 0 Å². The minimum Gasteiger partial charge on any atom is -0.497 e. The molecule has 0 radical (unpaired) electrons. The molecule has 0 aliphatic rings. The molecule has 0 spiro atoms. The molecule has 6 heteroatoms. The van der Waals surface area contributed by atoms with Gasteiger partial charge in [0.05, 0.1) is 12.8 Å². The predicted octanol–water partition coefficient (Wildman–Crippen LogP) is 4.61. The van der Waals surface area contributed by atoms with Gasteiger partial charge in [-0.2, -0.15) is 5.10 Å². The molecule has 32 heavy (non-hydrogen) atoms. The third kappa shape index (κ3) is 4.92. The van der Waals surface area contributed by atoms with E-state index < -0.39 is 0 Å². The number of hydrogen-bond acceptors (Lipinski definition) is 4. The van der Waals surface area contributed by atoms with E-state index in [-0.39, 0.29) is 5.91 Å². The van der Waals surface area contributed by atoms with Gasteiger partial charge in [0.2, 0.25) is 5.91 Å². The van der Waals surface area contributed by atoms with Crippen LogP contribution in [-0.2, 0) is 11.3 Å². The number of likely N-dealkylation sites (N-methyl/N-ethyl adjacent to an activating group) is 1. The second-order valence-electron chi connectivity index (χ2n) is 7.33. The number of carbonyl (C=O) groups is 1. The number of rotatable bonds is 7. The van der Waals surface area contributed by atoms with E-state index in [0.29, 0.717) is 6.54 Å². The first kappa shape index (κ1) is 21.1. The molecule has 1 amide bonds. The Bertz CT molecular complexity index is 1200. The number of benzene rings is 2. The van der Waals surface area contributed by atoms with E-state index in [4.69, 9.17) is 9.84 Å². The van der Waals surface area contributed by atoms with Gasteiger partial charge < -0.3 is 9.64 Å². The normalized spacial score (nSPS) is 10.9. The summed E-state index contributed by atoms with van der Waals surface area (Å²) >= 11 is 0. The predicted molar refractivity (Wildman–Crippen MR) is 125 cm³/mol. The Labute approximate surface area is 187 Å². The minimum absolute atomic E-state index is 0.0922. The topological polar surface area (TPSA) is 60.2 Å². The largest absolute Gasteiger partial charge is 0.497 e.